The molecule has 0 spiro atoms. The summed E-state index contributed by atoms with van der Waals surface area (Å²) < 4.78 is 6.02. The minimum absolute atomic E-state index is 0.146. The van der Waals surface area contributed by atoms with Gasteiger partial charge in [0.15, 0.2) is 0 Å². The standard InChI is InChI=1S/C17H22N2O/c1-2-3-13-20-17-11-12-18-19(17)16-10-6-8-14-7-4-5-9-15(14)16/h4-10,17-18H,2-3,11-13H2,1H3. The fourth-order valence-electron chi connectivity index (χ4n) is 2.72. The van der Waals surface area contributed by atoms with Gasteiger partial charge in [-0.3, -0.25) is 5.01 Å². The number of hydrogen-bond donors (Lipinski definition) is 1. The Morgan fingerprint density at radius 1 is 1.20 bits per heavy atom. The molecule has 1 N–H and O–H groups in total. The summed E-state index contributed by atoms with van der Waals surface area (Å²) in [5.74, 6) is 0. The van der Waals surface area contributed by atoms with Gasteiger partial charge in [-0.15, -0.1) is 0 Å². The first-order valence-electron chi connectivity index (χ1n) is 7.52. The summed E-state index contributed by atoms with van der Waals surface area (Å²) in [5.41, 5.74) is 4.66. The van der Waals surface area contributed by atoms with Gasteiger partial charge in [0, 0.05) is 25.0 Å². The van der Waals surface area contributed by atoms with Crippen molar-refractivity contribution in [2.45, 2.75) is 32.4 Å². The molecule has 0 radical (unpaired) electrons. The summed E-state index contributed by atoms with van der Waals surface area (Å²) in [6.45, 7) is 4.00. The van der Waals surface area contributed by atoms with Gasteiger partial charge >= 0.3 is 0 Å². The monoisotopic (exact) mass is 270 g/mol. The molecule has 0 bridgehead atoms. The molecule has 0 amide bonds. The second-order valence-electron chi connectivity index (χ2n) is 5.24. The van der Waals surface area contributed by atoms with E-state index in [0.717, 1.165) is 26.0 Å². The maximum Gasteiger partial charge on any atom is 0.145 e. The van der Waals surface area contributed by atoms with Crippen LogP contribution >= 0.6 is 0 Å². The molecule has 1 aliphatic heterocycles. The predicted octanol–water partition coefficient (Wildman–Crippen LogP) is 3.70. The topological polar surface area (TPSA) is 24.5 Å². The van der Waals surface area contributed by atoms with Gasteiger partial charge < -0.3 is 4.74 Å². The highest BCUT2D eigenvalue weighted by Gasteiger charge is 2.26. The van der Waals surface area contributed by atoms with Crippen molar-refractivity contribution in [3.8, 4) is 0 Å². The molecule has 1 aliphatic rings. The maximum absolute atomic E-state index is 6.02. The summed E-state index contributed by atoms with van der Waals surface area (Å²) in [6.07, 6.45) is 3.48. The van der Waals surface area contributed by atoms with E-state index in [0.29, 0.717) is 0 Å². The largest absolute Gasteiger partial charge is 0.357 e. The molecule has 2 aromatic rings. The molecule has 0 saturated carbocycles. The summed E-state index contributed by atoms with van der Waals surface area (Å²) in [5, 5.41) is 4.73. The first-order valence-corrected chi connectivity index (χ1v) is 7.52. The molecule has 106 valence electrons. The van der Waals surface area contributed by atoms with Crippen molar-refractivity contribution in [1.82, 2.24) is 5.43 Å². The number of hydrazine groups is 1. The Kier molecular flexibility index (Phi) is 4.19. The van der Waals surface area contributed by atoms with Gasteiger partial charge in [-0.2, -0.15) is 0 Å². The molecule has 20 heavy (non-hydrogen) atoms. The van der Waals surface area contributed by atoms with Crippen molar-refractivity contribution in [3.63, 3.8) is 0 Å². The number of nitrogens with zero attached hydrogens (tertiary/aromatic N) is 1. The summed E-state index contributed by atoms with van der Waals surface area (Å²) >= 11 is 0. The minimum Gasteiger partial charge on any atom is -0.357 e. The van der Waals surface area contributed by atoms with Crippen molar-refractivity contribution in [2.75, 3.05) is 18.2 Å². The van der Waals surface area contributed by atoms with Gasteiger partial charge in [0.05, 0.1) is 5.69 Å². The number of fused-ring (bicyclic) bond motifs is 1. The number of nitrogens with one attached hydrogen (secondary N) is 1. The molecular formula is C17H22N2O. The molecule has 3 nitrogen and oxygen atoms in total. The average molecular weight is 270 g/mol. The molecular weight excluding hydrogens is 248 g/mol. The molecule has 0 aliphatic carbocycles. The van der Waals surface area contributed by atoms with Crippen molar-refractivity contribution in [1.29, 1.82) is 0 Å². The lowest BCUT2D eigenvalue weighted by atomic mass is 10.1. The lowest BCUT2D eigenvalue weighted by molar-refractivity contribution is 0.0573. The molecule has 1 atom stereocenters. The Morgan fingerprint density at radius 3 is 2.95 bits per heavy atom. The van der Waals surface area contributed by atoms with Crippen molar-refractivity contribution >= 4 is 16.5 Å². The van der Waals surface area contributed by atoms with E-state index in [2.05, 4.69) is 59.8 Å². The quantitative estimate of drug-likeness (QED) is 0.838. The van der Waals surface area contributed by atoms with Crippen LogP contribution in [-0.2, 0) is 4.74 Å². The van der Waals surface area contributed by atoms with E-state index in [1.165, 1.54) is 22.9 Å². The zero-order chi connectivity index (χ0) is 13.8. The third-order valence-electron chi connectivity index (χ3n) is 3.80. The van der Waals surface area contributed by atoms with E-state index in [4.69, 9.17) is 4.74 Å². The van der Waals surface area contributed by atoms with E-state index < -0.39 is 0 Å². The molecule has 1 fully saturated rings. The number of hydrogen-bond acceptors (Lipinski definition) is 3. The molecule has 3 heteroatoms. The van der Waals surface area contributed by atoms with Crippen LogP contribution in [0.2, 0.25) is 0 Å². The Hall–Kier alpha value is -1.58. The molecule has 3 rings (SSSR count). The van der Waals surface area contributed by atoms with E-state index >= 15 is 0 Å². The van der Waals surface area contributed by atoms with Crippen molar-refractivity contribution in [3.05, 3.63) is 42.5 Å². The molecule has 0 aromatic heterocycles. The van der Waals surface area contributed by atoms with Gasteiger partial charge in [-0.05, 0) is 17.9 Å². The Bertz CT molecular complexity index is 564. The first-order chi connectivity index (χ1) is 9.90. The van der Waals surface area contributed by atoms with Crippen LogP contribution in [0.3, 0.4) is 0 Å². The number of anilines is 1. The smallest absolute Gasteiger partial charge is 0.145 e. The lowest BCUT2D eigenvalue weighted by Gasteiger charge is -2.27. The highest BCUT2D eigenvalue weighted by atomic mass is 16.5. The van der Waals surface area contributed by atoms with Crippen LogP contribution in [0.15, 0.2) is 42.5 Å². The predicted molar refractivity (Wildman–Crippen MR) is 83.7 cm³/mol. The van der Waals surface area contributed by atoms with E-state index in [-0.39, 0.29) is 6.23 Å². The third-order valence-corrected chi connectivity index (χ3v) is 3.80. The van der Waals surface area contributed by atoms with E-state index in [1.807, 2.05) is 0 Å². The molecule has 1 heterocycles. The van der Waals surface area contributed by atoms with Crippen LogP contribution in [0.5, 0.6) is 0 Å². The molecule has 1 saturated heterocycles. The van der Waals surface area contributed by atoms with E-state index in [1.54, 1.807) is 0 Å². The minimum atomic E-state index is 0.146. The van der Waals surface area contributed by atoms with Gasteiger partial charge in [-0.25, -0.2) is 5.43 Å². The van der Waals surface area contributed by atoms with Gasteiger partial charge in [0.25, 0.3) is 0 Å². The van der Waals surface area contributed by atoms with Crippen LogP contribution in [0.25, 0.3) is 10.8 Å². The summed E-state index contributed by atoms with van der Waals surface area (Å²) in [6, 6.07) is 14.9. The number of benzene rings is 2. The van der Waals surface area contributed by atoms with Crippen LogP contribution < -0.4 is 10.4 Å². The number of ether oxygens (including phenoxy) is 1. The Balaban J connectivity index is 1.86. The van der Waals surface area contributed by atoms with Crippen molar-refractivity contribution < 1.29 is 4.74 Å². The zero-order valence-electron chi connectivity index (χ0n) is 12.0. The normalized spacial score (nSPS) is 18.9. The van der Waals surface area contributed by atoms with Crippen LogP contribution in [0.4, 0.5) is 5.69 Å². The zero-order valence-corrected chi connectivity index (χ0v) is 12.0. The van der Waals surface area contributed by atoms with Crippen molar-refractivity contribution in [2.24, 2.45) is 0 Å². The SMILES string of the molecule is CCCCOC1CCNN1c1cccc2ccccc12. The van der Waals surface area contributed by atoms with Gasteiger partial charge in [0.1, 0.15) is 6.23 Å². The van der Waals surface area contributed by atoms with Crippen LogP contribution in [-0.4, -0.2) is 19.4 Å². The maximum atomic E-state index is 6.02. The number of rotatable bonds is 5. The van der Waals surface area contributed by atoms with Crippen LogP contribution in [0.1, 0.15) is 26.2 Å². The fourth-order valence-corrected chi connectivity index (χ4v) is 2.72. The number of unbranched alkanes of at least 4 members (excludes halogenated alkanes) is 1. The Labute approximate surface area is 120 Å². The highest BCUT2D eigenvalue weighted by Crippen LogP contribution is 2.29. The Morgan fingerprint density at radius 2 is 2.05 bits per heavy atom. The second kappa shape index (κ2) is 6.25. The van der Waals surface area contributed by atoms with Gasteiger partial charge in [0.2, 0.25) is 0 Å². The first kappa shape index (κ1) is 13.4. The summed E-state index contributed by atoms with van der Waals surface area (Å²) in [4.78, 5) is 0. The summed E-state index contributed by atoms with van der Waals surface area (Å²) in [7, 11) is 0. The fraction of sp³-hybridized carbons (Fsp3) is 0.412. The lowest BCUT2D eigenvalue weighted by Crippen LogP contribution is -2.39. The third kappa shape index (κ3) is 2.65. The van der Waals surface area contributed by atoms with Gasteiger partial charge in [-0.1, -0.05) is 49.7 Å². The molecule has 2 aromatic carbocycles. The average Bonchev–Trinajstić information content (AvgIpc) is 2.95. The highest BCUT2D eigenvalue weighted by molar-refractivity contribution is 5.94. The van der Waals surface area contributed by atoms with E-state index in [9.17, 15) is 0 Å². The second-order valence-corrected chi connectivity index (χ2v) is 5.24. The molecule has 1 unspecified atom stereocenters. The van der Waals surface area contributed by atoms with Crippen LogP contribution in [0, 0.1) is 0 Å².